The minimum atomic E-state index is -1.85. The van der Waals surface area contributed by atoms with Crippen molar-refractivity contribution < 1.29 is 29.0 Å². The highest BCUT2D eigenvalue weighted by Gasteiger charge is 2.52. The van der Waals surface area contributed by atoms with Gasteiger partial charge in [-0.15, -0.1) is 0 Å². The van der Waals surface area contributed by atoms with E-state index in [4.69, 9.17) is 4.74 Å². The minimum Gasteiger partial charge on any atom is -0.496 e. The molecular weight excluding hydrogens is 492 g/mol. The number of carboxylic acid groups (broad SMARTS) is 1. The Labute approximate surface area is 216 Å². The minimum absolute atomic E-state index is 0.0396. The van der Waals surface area contributed by atoms with Crippen LogP contribution < -0.4 is 15.4 Å². The molecule has 2 aromatic rings. The van der Waals surface area contributed by atoms with Gasteiger partial charge in [0.1, 0.15) is 23.5 Å². The first kappa shape index (κ1) is 25.3. The van der Waals surface area contributed by atoms with Gasteiger partial charge in [-0.3, -0.25) is 14.4 Å². The van der Waals surface area contributed by atoms with Crippen LogP contribution in [0.15, 0.2) is 24.3 Å². The Bertz CT molecular complexity index is 1220. The molecule has 3 fully saturated rings. The maximum Gasteiger partial charge on any atom is 0.326 e. The molecule has 0 radical (unpaired) electrons. The number of rotatable bonds is 7. The number of nitrogens with one attached hydrogen (secondary N) is 3. The Balaban J connectivity index is 1.38. The second kappa shape index (κ2) is 10.2. The van der Waals surface area contributed by atoms with Gasteiger partial charge in [-0.1, -0.05) is 31.0 Å². The van der Waals surface area contributed by atoms with Crippen LogP contribution in [0.4, 0.5) is 0 Å². The van der Waals surface area contributed by atoms with E-state index in [1.807, 2.05) is 18.2 Å². The Hall–Kier alpha value is -3.34. The maximum absolute atomic E-state index is 13.8. The largest absolute Gasteiger partial charge is 0.496 e. The Morgan fingerprint density at radius 3 is 2.73 bits per heavy atom. The fourth-order valence-electron chi connectivity index (χ4n) is 6.40. The van der Waals surface area contributed by atoms with Crippen molar-refractivity contribution >= 4 is 42.7 Å². The molecular formula is C26H34N4O6Si. The molecule has 3 amide bonds. The molecule has 37 heavy (non-hydrogen) atoms. The van der Waals surface area contributed by atoms with Crippen LogP contribution in [0.5, 0.6) is 5.75 Å². The third-order valence-corrected chi connectivity index (χ3v) is 13.4. The molecule has 198 valence electrons. The van der Waals surface area contributed by atoms with Gasteiger partial charge in [0.05, 0.1) is 15.2 Å². The Morgan fingerprint density at radius 2 is 2.03 bits per heavy atom. The van der Waals surface area contributed by atoms with Crippen molar-refractivity contribution in [2.75, 3.05) is 19.8 Å². The highest BCUT2D eigenvalue weighted by molar-refractivity contribution is 6.82. The van der Waals surface area contributed by atoms with Crippen molar-refractivity contribution in [1.29, 1.82) is 0 Å². The number of hydrogen-bond acceptors (Lipinski definition) is 5. The van der Waals surface area contributed by atoms with Gasteiger partial charge < -0.3 is 30.4 Å². The van der Waals surface area contributed by atoms with E-state index in [1.54, 1.807) is 18.1 Å². The number of ether oxygens (including phenoxy) is 1. The third-order valence-electron chi connectivity index (χ3n) is 8.34. The summed E-state index contributed by atoms with van der Waals surface area (Å²) in [5, 5.41) is 16.1. The van der Waals surface area contributed by atoms with E-state index in [2.05, 4.69) is 15.6 Å². The third kappa shape index (κ3) is 4.96. The van der Waals surface area contributed by atoms with E-state index in [0.29, 0.717) is 36.6 Å². The molecule has 11 heteroatoms. The number of fused-ring (bicyclic) bond motifs is 1. The summed E-state index contributed by atoms with van der Waals surface area (Å²) in [7, 11) is -0.269. The first-order valence-corrected chi connectivity index (χ1v) is 15.9. The summed E-state index contributed by atoms with van der Waals surface area (Å²) >= 11 is 0. The number of aromatic nitrogens is 1. The lowest BCUT2D eigenvalue weighted by Crippen LogP contribution is -2.52. The van der Waals surface area contributed by atoms with E-state index in [1.165, 1.54) is 0 Å². The van der Waals surface area contributed by atoms with Crippen LogP contribution in [0, 0.1) is 5.92 Å². The predicted octanol–water partition coefficient (Wildman–Crippen LogP) is 2.27. The fraction of sp³-hybridized carbons (Fsp3) is 0.538. The molecule has 1 unspecified atom stereocenters. The fourth-order valence-corrected chi connectivity index (χ4v) is 11.8. The molecule has 10 nitrogen and oxygen atoms in total. The average Bonchev–Trinajstić information content (AvgIpc) is 3.63. The van der Waals surface area contributed by atoms with Gasteiger partial charge in [0.25, 0.3) is 5.91 Å². The molecule has 0 bridgehead atoms. The van der Waals surface area contributed by atoms with Crippen LogP contribution in [0.1, 0.15) is 42.6 Å². The number of carbonyl (C=O) groups is 4. The number of amides is 3. The molecule has 3 aliphatic heterocycles. The van der Waals surface area contributed by atoms with E-state index in [-0.39, 0.29) is 18.2 Å². The van der Waals surface area contributed by atoms with E-state index < -0.39 is 38.0 Å². The van der Waals surface area contributed by atoms with E-state index in [0.717, 1.165) is 42.3 Å². The van der Waals surface area contributed by atoms with Crippen LogP contribution in [-0.2, 0) is 14.4 Å². The van der Waals surface area contributed by atoms with Crippen LogP contribution in [0.3, 0.4) is 0 Å². The van der Waals surface area contributed by atoms with Crippen LogP contribution in [0.25, 0.3) is 10.9 Å². The van der Waals surface area contributed by atoms with Gasteiger partial charge in [-0.2, -0.15) is 0 Å². The first-order chi connectivity index (χ1) is 17.8. The molecule has 1 spiro atoms. The number of aliphatic carboxylic acids is 1. The van der Waals surface area contributed by atoms with Crippen molar-refractivity contribution in [3.05, 3.63) is 30.0 Å². The summed E-state index contributed by atoms with van der Waals surface area (Å²) in [6.45, 7) is 0.588. The van der Waals surface area contributed by atoms with Gasteiger partial charge in [0.15, 0.2) is 0 Å². The summed E-state index contributed by atoms with van der Waals surface area (Å²) in [5.41, 5.74) is 1.16. The molecule has 1 aromatic carbocycles. The Kier molecular flexibility index (Phi) is 6.97. The average molecular weight is 527 g/mol. The quantitative estimate of drug-likeness (QED) is 0.408. The molecule has 0 aliphatic carbocycles. The number of nitrogens with zero attached hydrogens (tertiary/aromatic N) is 1. The first-order valence-electron chi connectivity index (χ1n) is 13.1. The number of piperidine rings is 1. The lowest BCUT2D eigenvalue weighted by Gasteiger charge is -2.28. The standard InChI is InChI=1S/C26H34N4O6Si/c1-36-22-8-4-7-18-17(22)13-19(28-18)25(33)30-15-37(10-2-3-11-37)14-21(30)24(32)29-20(26(34)35)12-16-6-5-9-27-23(16)31/h4,7-8,13,16,20-21,28H,2-3,5-6,9-12,14-15H2,1H3,(H,27,31)(H,29,32)(H,34,35)/t16-,20-,21?/m0/s1. The molecule has 4 N–H and O–H groups in total. The summed E-state index contributed by atoms with van der Waals surface area (Å²) in [6, 6.07) is 8.20. The van der Waals surface area contributed by atoms with Crippen molar-refractivity contribution in [2.45, 2.75) is 62.3 Å². The van der Waals surface area contributed by atoms with E-state index in [9.17, 15) is 24.3 Å². The topological polar surface area (TPSA) is 141 Å². The molecule has 5 rings (SSSR count). The van der Waals surface area contributed by atoms with Gasteiger partial charge in [0.2, 0.25) is 11.8 Å². The summed E-state index contributed by atoms with van der Waals surface area (Å²) in [4.78, 5) is 56.4. The lowest BCUT2D eigenvalue weighted by molar-refractivity contribution is -0.143. The van der Waals surface area contributed by atoms with Crippen LogP contribution in [-0.4, -0.2) is 78.7 Å². The number of carboxylic acids is 1. The van der Waals surface area contributed by atoms with Gasteiger partial charge in [-0.25, -0.2) is 4.79 Å². The molecule has 0 saturated carbocycles. The maximum atomic E-state index is 13.8. The number of hydrogen-bond donors (Lipinski definition) is 4. The number of benzene rings is 1. The smallest absolute Gasteiger partial charge is 0.326 e. The SMILES string of the molecule is COc1cccc2[nH]c(C(=O)N3C[Si]4(CCCC4)CC3C(=O)N[C@@H](C[C@@H]3CCCNC3=O)C(=O)O)cc12. The molecule has 3 aliphatic rings. The second-order valence-corrected chi connectivity index (χ2v) is 15.5. The Morgan fingerprint density at radius 1 is 1.24 bits per heavy atom. The zero-order valence-corrected chi connectivity index (χ0v) is 22.0. The summed E-state index contributed by atoms with van der Waals surface area (Å²) < 4.78 is 5.43. The number of aromatic amines is 1. The van der Waals surface area contributed by atoms with Crippen molar-refractivity contribution in [3.63, 3.8) is 0 Å². The van der Waals surface area contributed by atoms with Gasteiger partial charge >= 0.3 is 5.97 Å². The van der Waals surface area contributed by atoms with E-state index >= 15 is 0 Å². The second-order valence-electron chi connectivity index (χ2n) is 10.7. The van der Waals surface area contributed by atoms with Crippen molar-refractivity contribution in [3.8, 4) is 5.75 Å². The molecule has 3 saturated heterocycles. The zero-order chi connectivity index (χ0) is 26.2. The highest BCUT2D eigenvalue weighted by Crippen LogP contribution is 2.41. The van der Waals surface area contributed by atoms with Crippen LogP contribution in [0.2, 0.25) is 18.1 Å². The highest BCUT2D eigenvalue weighted by atomic mass is 28.3. The van der Waals surface area contributed by atoms with Gasteiger partial charge in [0, 0.05) is 29.5 Å². The predicted molar refractivity (Wildman–Crippen MR) is 139 cm³/mol. The summed E-state index contributed by atoms with van der Waals surface area (Å²) in [6.07, 6.45) is 4.24. The van der Waals surface area contributed by atoms with Crippen molar-refractivity contribution in [1.82, 2.24) is 20.5 Å². The van der Waals surface area contributed by atoms with Crippen molar-refractivity contribution in [2.24, 2.45) is 5.92 Å². The molecule has 1 aromatic heterocycles. The van der Waals surface area contributed by atoms with Crippen LogP contribution >= 0.6 is 0 Å². The van der Waals surface area contributed by atoms with Gasteiger partial charge in [-0.05, 0) is 43.5 Å². The normalized spacial score (nSPS) is 23.7. The number of carbonyl (C=O) groups excluding carboxylic acids is 3. The zero-order valence-electron chi connectivity index (χ0n) is 21.0. The summed E-state index contributed by atoms with van der Waals surface area (Å²) in [5.74, 6) is -1.83. The monoisotopic (exact) mass is 526 g/mol. The lowest BCUT2D eigenvalue weighted by atomic mass is 9.91. The number of H-pyrrole nitrogens is 1. The molecule has 4 heterocycles. The molecule has 3 atom stereocenters. The number of methoxy groups -OCH3 is 1.